The summed E-state index contributed by atoms with van der Waals surface area (Å²) < 4.78 is 26.4. The number of hydrogen-bond donors (Lipinski definition) is 0. The second-order valence-electron chi connectivity index (χ2n) is 4.27. The van der Waals surface area contributed by atoms with Crippen LogP contribution in [0, 0.1) is 5.92 Å². The van der Waals surface area contributed by atoms with Crippen LogP contribution in [-0.4, -0.2) is 25.8 Å². The Balaban J connectivity index is 2.26. The van der Waals surface area contributed by atoms with E-state index < -0.39 is 10.0 Å². The molecule has 0 amide bonds. The van der Waals surface area contributed by atoms with Crippen LogP contribution in [0.4, 0.5) is 0 Å². The molecule has 0 aromatic carbocycles. The minimum Gasteiger partial charge on any atom is -0.207 e. The van der Waals surface area contributed by atoms with Crippen LogP contribution in [0.1, 0.15) is 24.6 Å². The summed E-state index contributed by atoms with van der Waals surface area (Å²) in [6.07, 6.45) is 2.01. The lowest BCUT2D eigenvalue weighted by Gasteiger charge is -2.16. The predicted octanol–water partition coefficient (Wildman–Crippen LogP) is 2.91. The topological polar surface area (TPSA) is 37.4 Å². The zero-order valence-electron chi connectivity index (χ0n) is 9.73. The molecule has 0 saturated carbocycles. The lowest BCUT2D eigenvalue weighted by molar-refractivity contribution is 0.453. The molecule has 1 atom stereocenters. The van der Waals surface area contributed by atoms with Gasteiger partial charge in [-0.2, -0.15) is 4.31 Å². The van der Waals surface area contributed by atoms with Crippen molar-refractivity contribution < 1.29 is 8.42 Å². The van der Waals surface area contributed by atoms with Gasteiger partial charge in [-0.3, -0.25) is 0 Å². The molecule has 96 valence electrons. The van der Waals surface area contributed by atoms with Crippen molar-refractivity contribution in [1.82, 2.24) is 4.31 Å². The van der Waals surface area contributed by atoms with E-state index in [1.54, 1.807) is 15.8 Å². The number of alkyl halides is 1. The quantitative estimate of drug-likeness (QED) is 0.801. The molecule has 1 aliphatic heterocycles. The van der Waals surface area contributed by atoms with E-state index in [0.29, 0.717) is 23.9 Å². The molecule has 0 aliphatic carbocycles. The van der Waals surface area contributed by atoms with E-state index in [4.69, 9.17) is 11.6 Å². The smallest absolute Gasteiger partial charge is 0.207 e. The largest absolute Gasteiger partial charge is 0.244 e. The molecule has 1 aromatic rings. The van der Waals surface area contributed by atoms with Crippen LogP contribution in [0.3, 0.4) is 0 Å². The molecule has 17 heavy (non-hydrogen) atoms. The molecular weight excluding hydrogens is 278 g/mol. The molecule has 1 saturated heterocycles. The van der Waals surface area contributed by atoms with Crippen molar-refractivity contribution in [3.8, 4) is 0 Å². The summed E-state index contributed by atoms with van der Waals surface area (Å²) in [5.41, 5.74) is 0. The molecule has 1 aromatic heterocycles. The van der Waals surface area contributed by atoms with Crippen LogP contribution in [0.25, 0.3) is 0 Å². The van der Waals surface area contributed by atoms with Gasteiger partial charge in [0, 0.05) is 18.0 Å². The fourth-order valence-corrected chi connectivity index (χ4v) is 5.35. The lowest BCUT2D eigenvalue weighted by atomic mass is 10.1. The Kier molecular flexibility index (Phi) is 4.13. The van der Waals surface area contributed by atoms with Crippen molar-refractivity contribution in [1.29, 1.82) is 0 Å². The lowest BCUT2D eigenvalue weighted by Crippen LogP contribution is -2.29. The van der Waals surface area contributed by atoms with Gasteiger partial charge in [-0.15, -0.1) is 22.9 Å². The van der Waals surface area contributed by atoms with Gasteiger partial charge in [0.15, 0.2) is 0 Å². The normalized spacial score (nSPS) is 22.1. The summed E-state index contributed by atoms with van der Waals surface area (Å²) in [4.78, 5) is 1.14. The van der Waals surface area contributed by atoms with Crippen molar-refractivity contribution in [3.05, 3.63) is 16.3 Å². The van der Waals surface area contributed by atoms with Gasteiger partial charge in [0.2, 0.25) is 10.0 Å². The van der Waals surface area contributed by atoms with Crippen LogP contribution in [0.5, 0.6) is 0 Å². The van der Waals surface area contributed by atoms with Crippen LogP contribution in [0.2, 0.25) is 0 Å². The van der Waals surface area contributed by atoms with Crippen LogP contribution in [-0.2, 0) is 15.9 Å². The molecule has 0 spiro atoms. The summed E-state index contributed by atoms with van der Waals surface area (Å²) in [5.74, 6) is 0.764. The minimum atomic E-state index is -3.32. The maximum atomic E-state index is 12.4. The van der Waals surface area contributed by atoms with Gasteiger partial charge in [-0.1, -0.05) is 13.3 Å². The maximum Gasteiger partial charge on any atom is 0.244 e. The van der Waals surface area contributed by atoms with Crippen LogP contribution in [0.15, 0.2) is 16.3 Å². The second kappa shape index (κ2) is 5.26. The third-order valence-corrected chi connectivity index (χ3v) is 6.70. The van der Waals surface area contributed by atoms with Crippen LogP contribution >= 0.6 is 22.9 Å². The van der Waals surface area contributed by atoms with E-state index >= 15 is 0 Å². The molecule has 0 radical (unpaired) electrons. The summed E-state index contributed by atoms with van der Waals surface area (Å²) in [6, 6.07) is 1.66. The molecule has 0 N–H and O–H groups in total. The van der Waals surface area contributed by atoms with Crippen molar-refractivity contribution >= 4 is 33.0 Å². The number of hydrogen-bond acceptors (Lipinski definition) is 3. The zero-order valence-corrected chi connectivity index (χ0v) is 12.1. The first kappa shape index (κ1) is 13.3. The summed E-state index contributed by atoms with van der Waals surface area (Å²) in [7, 11) is -3.32. The number of nitrogens with zero attached hydrogens (tertiary/aromatic N) is 1. The third-order valence-electron chi connectivity index (χ3n) is 3.27. The van der Waals surface area contributed by atoms with E-state index in [0.717, 1.165) is 17.7 Å². The highest BCUT2D eigenvalue weighted by atomic mass is 35.5. The predicted molar refractivity (Wildman–Crippen MR) is 71.0 cm³/mol. The molecule has 6 heteroatoms. The molecule has 1 unspecified atom stereocenters. The molecule has 1 aliphatic rings. The number of rotatable bonds is 4. The Morgan fingerprint density at radius 1 is 1.59 bits per heavy atom. The molecular formula is C11H16ClNO2S2. The Morgan fingerprint density at radius 3 is 2.94 bits per heavy atom. The highest BCUT2D eigenvalue weighted by Crippen LogP contribution is 2.30. The first-order chi connectivity index (χ1) is 8.09. The minimum absolute atomic E-state index is 0.261. The molecule has 1 fully saturated rings. The highest BCUT2D eigenvalue weighted by molar-refractivity contribution is 7.89. The molecule has 0 bridgehead atoms. The van der Waals surface area contributed by atoms with Gasteiger partial charge in [-0.25, -0.2) is 8.42 Å². The molecule has 2 heterocycles. The number of thiophene rings is 1. The van der Waals surface area contributed by atoms with Crippen molar-refractivity contribution in [2.45, 2.75) is 30.5 Å². The summed E-state index contributed by atoms with van der Waals surface area (Å²) in [6.45, 7) is 3.39. The Hall–Kier alpha value is -0.100. The Labute approximate surface area is 111 Å². The van der Waals surface area contributed by atoms with E-state index in [-0.39, 0.29) is 5.88 Å². The molecule has 2 rings (SSSR count). The first-order valence-corrected chi connectivity index (χ1v) is 8.57. The van der Waals surface area contributed by atoms with E-state index in [1.165, 1.54) is 11.3 Å². The maximum absolute atomic E-state index is 12.4. The van der Waals surface area contributed by atoms with Crippen molar-refractivity contribution in [3.63, 3.8) is 0 Å². The van der Waals surface area contributed by atoms with E-state index in [9.17, 15) is 8.42 Å². The standard InChI is InChI=1S/C11H16ClNO2S2/c1-2-9-3-5-13(8-9)17(14,15)11-4-6-16-10(11)7-12/h4,6,9H,2-3,5,7-8H2,1H3. The van der Waals surface area contributed by atoms with Crippen molar-refractivity contribution in [2.24, 2.45) is 5.92 Å². The monoisotopic (exact) mass is 293 g/mol. The highest BCUT2D eigenvalue weighted by Gasteiger charge is 2.33. The van der Waals surface area contributed by atoms with E-state index in [1.807, 2.05) is 0 Å². The fourth-order valence-electron chi connectivity index (χ4n) is 2.14. The average molecular weight is 294 g/mol. The SMILES string of the molecule is CCC1CCN(S(=O)(=O)c2ccsc2CCl)C1. The molecule has 3 nitrogen and oxygen atoms in total. The van der Waals surface area contributed by atoms with Crippen LogP contribution < -0.4 is 0 Å². The summed E-state index contributed by atoms with van der Waals surface area (Å²) >= 11 is 7.17. The summed E-state index contributed by atoms with van der Waals surface area (Å²) in [5, 5.41) is 1.79. The van der Waals surface area contributed by atoms with Gasteiger partial charge in [0.25, 0.3) is 0 Å². The fraction of sp³-hybridized carbons (Fsp3) is 0.636. The van der Waals surface area contributed by atoms with Gasteiger partial charge in [0.1, 0.15) is 0 Å². The zero-order chi connectivity index (χ0) is 12.5. The first-order valence-electron chi connectivity index (χ1n) is 5.72. The van der Waals surface area contributed by atoms with Gasteiger partial charge >= 0.3 is 0 Å². The average Bonchev–Trinajstić information content (AvgIpc) is 2.97. The number of halogens is 1. The Morgan fingerprint density at radius 2 is 2.35 bits per heavy atom. The van der Waals surface area contributed by atoms with Gasteiger partial charge in [0.05, 0.1) is 10.8 Å². The van der Waals surface area contributed by atoms with Gasteiger partial charge in [-0.05, 0) is 23.8 Å². The Bertz CT molecular complexity index is 483. The third kappa shape index (κ3) is 2.52. The van der Waals surface area contributed by atoms with Crippen molar-refractivity contribution in [2.75, 3.05) is 13.1 Å². The number of sulfonamides is 1. The van der Waals surface area contributed by atoms with Gasteiger partial charge < -0.3 is 0 Å². The second-order valence-corrected chi connectivity index (χ2v) is 7.44. The van der Waals surface area contributed by atoms with E-state index in [2.05, 4.69) is 6.92 Å².